The summed E-state index contributed by atoms with van der Waals surface area (Å²) in [5.74, 6) is 0.179. The molecule has 0 bridgehead atoms. The number of imidazole rings is 1. The molecule has 0 aliphatic rings. The molecule has 0 fully saturated rings. The molecule has 2 aromatic rings. The summed E-state index contributed by atoms with van der Waals surface area (Å²) in [7, 11) is 0. The lowest BCUT2D eigenvalue weighted by Crippen LogP contribution is -2.23. The minimum Gasteiger partial charge on any atom is -0.491 e. The van der Waals surface area contributed by atoms with E-state index in [1.54, 1.807) is 53.6 Å². The molecule has 1 aromatic carbocycles. The maximum Gasteiger partial charge on any atom is 0.201 e. The van der Waals surface area contributed by atoms with Gasteiger partial charge < -0.3 is 20.1 Å². The number of hydrogen-bond donors (Lipinski definition) is 4. The molecule has 0 saturated heterocycles. The fourth-order valence-electron chi connectivity index (χ4n) is 1.77. The van der Waals surface area contributed by atoms with Crippen LogP contribution in [0.1, 0.15) is 0 Å². The first-order chi connectivity index (χ1) is 11.6. The molecule has 1 aromatic heterocycles. The largest absolute Gasteiger partial charge is 0.491 e. The van der Waals surface area contributed by atoms with Crippen molar-refractivity contribution in [1.29, 1.82) is 10.7 Å². The Balaban J connectivity index is 1.83. The van der Waals surface area contributed by atoms with Crippen molar-refractivity contribution in [3.05, 3.63) is 43.0 Å². The summed E-state index contributed by atoms with van der Waals surface area (Å²) in [5, 5.41) is 29.5. The maximum atomic E-state index is 9.90. The molecular weight excluding hydrogens is 310 g/mol. The Morgan fingerprint density at radius 3 is 2.83 bits per heavy atom. The molecule has 0 aliphatic carbocycles. The highest BCUT2D eigenvalue weighted by Crippen LogP contribution is 2.16. The van der Waals surface area contributed by atoms with Crippen LogP contribution in [0.2, 0.25) is 0 Å². The molecule has 0 spiro atoms. The molecule has 0 amide bonds. The number of nitriles is 1. The quantitative estimate of drug-likeness (QED) is 0.316. The van der Waals surface area contributed by atoms with Crippen molar-refractivity contribution < 1.29 is 9.84 Å². The lowest BCUT2D eigenvalue weighted by molar-refractivity contribution is 0.0925. The van der Waals surface area contributed by atoms with Crippen LogP contribution in [-0.2, 0) is 6.54 Å². The average Bonchev–Trinajstić information content (AvgIpc) is 3.07. The molecule has 0 saturated carbocycles. The van der Waals surface area contributed by atoms with Crippen LogP contribution in [0.15, 0.2) is 48.1 Å². The molecule has 1 atom stereocenters. The Labute approximate surface area is 138 Å². The smallest absolute Gasteiger partial charge is 0.201 e. The SMILES string of the molecule is N#C/C(=N\Nc1ccc(OCC(O)Cn2ccnc2)cc1)C(=N)N. The van der Waals surface area contributed by atoms with E-state index in [4.69, 9.17) is 21.1 Å². The van der Waals surface area contributed by atoms with E-state index in [-0.39, 0.29) is 12.3 Å². The predicted octanol–water partition coefficient (Wildman–Crippen LogP) is 0.550. The summed E-state index contributed by atoms with van der Waals surface area (Å²) < 4.78 is 7.27. The Morgan fingerprint density at radius 2 is 2.25 bits per heavy atom. The molecule has 2 rings (SSSR count). The van der Waals surface area contributed by atoms with E-state index in [9.17, 15) is 5.11 Å². The van der Waals surface area contributed by atoms with Crippen LogP contribution in [0.4, 0.5) is 5.69 Å². The second-order valence-electron chi connectivity index (χ2n) is 4.85. The summed E-state index contributed by atoms with van der Waals surface area (Å²) in [5.41, 5.74) is 8.23. The molecule has 0 aliphatic heterocycles. The molecule has 24 heavy (non-hydrogen) atoms. The van der Waals surface area contributed by atoms with E-state index in [1.807, 2.05) is 0 Å². The van der Waals surface area contributed by atoms with Gasteiger partial charge in [0, 0.05) is 12.4 Å². The lowest BCUT2D eigenvalue weighted by Gasteiger charge is -2.13. The summed E-state index contributed by atoms with van der Waals surface area (Å²) in [6.45, 7) is 0.544. The van der Waals surface area contributed by atoms with Crippen molar-refractivity contribution in [3.63, 3.8) is 0 Å². The van der Waals surface area contributed by atoms with Crippen molar-refractivity contribution in [1.82, 2.24) is 9.55 Å². The fourth-order valence-corrected chi connectivity index (χ4v) is 1.77. The van der Waals surface area contributed by atoms with Crippen LogP contribution >= 0.6 is 0 Å². The first-order valence-corrected chi connectivity index (χ1v) is 7.03. The van der Waals surface area contributed by atoms with Gasteiger partial charge in [-0.15, -0.1) is 0 Å². The number of rotatable bonds is 8. The Morgan fingerprint density at radius 1 is 1.50 bits per heavy atom. The van der Waals surface area contributed by atoms with E-state index in [0.717, 1.165) is 0 Å². The second-order valence-corrected chi connectivity index (χ2v) is 4.85. The molecule has 1 heterocycles. The van der Waals surface area contributed by atoms with Gasteiger partial charge in [-0.3, -0.25) is 10.8 Å². The van der Waals surface area contributed by atoms with E-state index in [2.05, 4.69) is 15.5 Å². The first-order valence-electron chi connectivity index (χ1n) is 7.03. The molecule has 0 radical (unpaired) electrons. The van der Waals surface area contributed by atoms with Crippen LogP contribution in [0, 0.1) is 16.7 Å². The first kappa shape index (κ1) is 17.0. The predicted molar refractivity (Wildman–Crippen MR) is 88.8 cm³/mol. The molecule has 1 unspecified atom stereocenters. The molecular formula is C15H17N7O2. The number of hydrazone groups is 1. The number of aromatic nitrogens is 2. The minimum atomic E-state index is -0.657. The lowest BCUT2D eigenvalue weighted by atomic mass is 10.3. The van der Waals surface area contributed by atoms with E-state index in [0.29, 0.717) is 18.0 Å². The monoisotopic (exact) mass is 327 g/mol. The zero-order valence-corrected chi connectivity index (χ0v) is 12.8. The van der Waals surface area contributed by atoms with Crippen molar-refractivity contribution in [2.45, 2.75) is 12.6 Å². The van der Waals surface area contributed by atoms with E-state index in [1.165, 1.54) is 0 Å². The summed E-state index contributed by atoms with van der Waals surface area (Å²) in [6, 6.07) is 8.49. The zero-order valence-electron chi connectivity index (χ0n) is 12.8. The highest BCUT2D eigenvalue weighted by atomic mass is 16.5. The number of benzene rings is 1. The number of nitrogens with zero attached hydrogens (tertiary/aromatic N) is 4. The second kappa shape index (κ2) is 8.30. The van der Waals surface area contributed by atoms with Gasteiger partial charge in [-0.25, -0.2) is 4.98 Å². The number of nitrogens with one attached hydrogen (secondary N) is 2. The van der Waals surface area contributed by atoms with Gasteiger partial charge in [0.1, 0.15) is 24.5 Å². The zero-order chi connectivity index (χ0) is 17.4. The highest BCUT2D eigenvalue weighted by molar-refractivity contribution is 6.45. The van der Waals surface area contributed by atoms with Crippen LogP contribution in [0.25, 0.3) is 0 Å². The van der Waals surface area contributed by atoms with Crippen LogP contribution in [0.5, 0.6) is 5.75 Å². The topological polar surface area (TPSA) is 145 Å². The third kappa shape index (κ3) is 5.11. The Bertz CT molecular complexity index is 732. The van der Waals surface area contributed by atoms with Gasteiger partial charge in [-0.1, -0.05) is 0 Å². The molecule has 124 valence electrons. The average molecular weight is 327 g/mol. The van der Waals surface area contributed by atoms with Crippen molar-refractivity contribution in [2.75, 3.05) is 12.0 Å². The van der Waals surface area contributed by atoms with Gasteiger partial charge in [0.2, 0.25) is 5.71 Å². The van der Waals surface area contributed by atoms with Gasteiger partial charge in [0.25, 0.3) is 0 Å². The number of aliphatic hydroxyl groups excluding tert-OH is 1. The third-order valence-electron chi connectivity index (χ3n) is 2.94. The van der Waals surface area contributed by atoms with Gasteiger partial charge in [0.15, 0.2) is 5.84 Å². The standard InChI is InChI=1S/C15H17N7O2/c16-7-14(15(17)18)21-20-11-1-3-13(4-2-11)24-9-12(23)8-22-6-5-19-10-22/h1-6,10,12,20,23H,8-9H2,(H3,17,18)/b21-14+. The van der Waals surface area contributed by atoms with Crippen LogP contribution in [-0.4, -0.2) is 38.9 Å². The van der Waals surface area contributed by atoms with Crippen LogP contribution < -0.4 is 15.9 Å². The number of aliphatic hydroxyl groups is 1. The highest BCUT2D eigenvalue weighted by Gasteiger charge is 2.06. The number of nitrogens with two attached hydrogens (primary N) is 1. The van der Waals surface area contributed by atoms with Crippen molar-refractivity contribution in [3.8, 4) is 11.8 Å². The molecule has 9 heteroatoms. The van der Waals surface area contributed by atoms with Crippen molar-refractivity contribution >= 4 is 17.2 Å². The van der Waals surface area contributed by atoms with Crippen molar-refractivity contribution in [2.24, 2.45) is 10.8 Å². The number of ether oxygens (including phenoxy) is 1. The summed E-state index contributed by atoms with van der Waals surface area (Å²) in [4.78, 5) is 3.90. The van der Waals surface area contributed by atoms with Gasteiger partial charge in [0.05, 0.1) is 18.6 Å². The van der Waals surface area contributed by atoms with E-state index < -0.39 is 11.9 Å². The van der Waals surface area contributed by atoms with Crippen LogP contribution in [0.3, 0.4) is 0 Å². The fraction of sp³-hybridized carbons (Fsp3) is 0.200. The molecule has 9 nitrogen and oxygen atoms in total. The Kier molecular flexibility index (Phi) is 5.88. The van der Waals surface area contributed by atoms with Gasteiger partial charge in [-0.2, -0.15) is 10.4 Å². The van der Waals surface area contributed by atoms with E-state index >= 15 is 0 Å². The number of anilines is 1. The number of hydrogen-bond acceptors (Lipinski definition) is 7. The molecule has 5 N–H and O–H groups in total. The summed E-state index contributed by atoms with van der Waals surface area (Å²) in [6.07, 6.45) is 4.38. The minimum absolute atomic E-state index is 0.145. The number of amidine groups is 1. The van der Waals surface area contributed by atoms with Gasteiger partial charge >= 0.3 is 0 Å². The Hall–Kier alpha value is -3.38. The third-order valence-corrected chi connectivity index (χ3v) is 2.94. The normalized spacial score (nSPS) is 12.2. The maximum absolute atomic E-state index is 9.90. The van der Waals surface area contributed by atoms with Gasteiger partial charge in [-0.05, 0) is 24.3 Å². The summed E-state index contributed by atoms with van der Waals surface area (Å²) >= 11 is 0.